The van der Waals surface area contributed by atoms with Crippen molar-refractivity contribution in [2.75, 3.05) is 20.2 Å². The van der Waals surface area contributed by atoms with Gasteiger partial charge in [-0.05, 0) is 56.6 Å². The first-order chi connectivity index (χ1) is 14.0. The number of esters is 1. The van der Waals surface area contributed by atoms with Crippen LogP contribution in [0.3, 0.4) is 0 Å². The lowest BCUT2D eigenvalue weighted by Crippen LogP contribution is -2.53. The Bertz CT molecular complexity index is 852. The quantitative estimate of drug-likeness (QED) is 0.578. The number of methoxy groups -OCH3 is 1. The molecule has 2 atom stereocenters. The minimum Gasteiger partial charge on any atom is -0.466 e. The van der Waals surface area contributed by atoms with E-state index in [0.717, 1.165) is 49.9 Å². The van der Waals surface area contributed by atoms with Gasteiger partial charge in [-0.3, -0.25) is 4.79 Å². The second-order valence-corrected chi connectivity index (χ2v) is 8.21. The number of piperidine rings is 1. The van der Waals surface area contributed by atoms with Gasteiger partial charge in [0.05, 0.1) is 18.7 Å². The summed E-state index contributed by atoms with van der Waals surface area (Å²) in [4.78, 5) is 41.5. The normalized spacial score (nSPS) is 23.9. The van der Waals surface area contributed by atoms with E-state index >= 15 is 0 Å². The summed E-state index contributed by atoms with van der Waals surface area (Å²) in [6, 6.07) is 7.32. The number of nitrogens with zero attached hydrogens (tertiary/aromatic N) is 2. The summed E-state index contributed by atoms with van der Waals surface area (Å²) in [6.07, 6.45) is 5.57. The zero-order valence-corrected chi connectivity index (χ0v) is 17.1. The van der Waals surface area contributed by atoms with Crippen molar-refractivity contribution in [1.82, 2.24) is 9.80 Å². The smallest absolute Gasteiger partial charge is 0.336 e. The van der Waals surface area contributed by atoms with Gasteiger partial charge in [-0.25, -0.2) is 9.59 Å². The summed E-state index contributed by atoms with van der Waals surface area (Å²) in [6.45, 7) is 3.13. The van der Waals surface area contributed by atoms with Gasteiger partial charge < -0.3 is 14.5 Å². The number of fused-ring (bicyclic) bond motifs is 2. The van der Waals surface area contributed by atoms with Gasteiger partial charge in [0.2, 0.25) is 0 Å². The molecule has 4 rings (SSSR count). The molecule has 0 aliphatic carbocycles. The molecule has 0 unspecified atom stereocenters. The SMILES string of the molecule is COC(=O)C1=C(c2ccc(C(C)=O)cc2)C[C@H]2CC[C@@H]1N2C(=O)N1CCCCC1. The van der Waals surface area contributed by atoms with Crippen LogP contribution in [-0.4, -0.2) is 59.9 Å². The van der Waals surface area contributed by atoms with Gasteiger partial charge in [-0.2, -0.15) is 0 Å². The summed E-state index contributed by atoms with van der Waals surface area (Å²) in [5.74, 6) is -0.349. The third-order valence-electron chi connectivity index (χ3n) is 6.49. The molecule has 3 heterocycles. The van der Waals surface area contributed by atoms with Crippen LogP contribution in [0.2, 0.25) is 0 Å². The average Bonchev–Trinajstić information content (AvgIpc) is 3.06. The average molecular weight is 396 g/mol. The lowest BCUT2D eigenvalue weighted by molar-refractivity contribution is -0.136. The van der Waals surface area contributed by atoms with Crippen molar-refractivity contribution in [2.24, 2.45) is 0 Å². The third kappa shape index (κ3) is 3.56. The molecular formula is C23H28N2O4. The Morgan fingerprint density at radius 1 is 1.00 bits per heavy atom. The number of ether oxygens (including phenoxy) is 1. The summed E-state index contributed by atoms with van der Waals surface area (Å²) >= 11 is 0. The molecule has 2 fully saturated rings. The third-order valence-corrected chi connectivity index (χ3v) is 6.49. The van der Waals surface area contributed by atoms with Crippen LogP contribution >= 0.6 is 0 Å². The highest BCUT2D eigenvalue weighted by Crippen LogP contribution is 2.44. The molecule has 3 aliphatic rings. The van der Waals surface area contributed by atoms with Crippen LogP contribution in [0.5, 0.6) is 0 Å². The first kappa shape index (κ1) is 19.7. The number of benzene rings is 1. The molecule has 154 valence electrons. The molecule has 0 spiro atoms. The van der Waals surface area contributed by atoms with Gasteiger partial charge >= 0.3 is 12.0 Å². The molecule has 2 saturated heterocycles. The molecule has 29 heavy (non-hydrogen) atoms. The van der Waals surface area contributed by atoms with Crippen LogP contribution in [0, 0.1) is 0 Å². The van der Waals surface area contributed by atoms with Crippen molar-refractivity contribution >= 4 is 23.4 Å². The fourth-order valence-corrected chi connectivity index (χ4v) is 5.00. The van der Waals surface area contributed by atoms with Crippen molar-refractivity contribution in [1.29, 1.82) is 0 Å². The maximum atomic E-state index is 13.3. The molecule has 3 aliphatic heterocycles. The van der Waals surface area contributed by atoms with Gasteiger partial charge in [-0.1, -0.05) is 24.3 Å². The lowest BCUT2D eigenvalue weighted by atomic mass is 9.88. The first-order valence-corrected chi connectivity index (χ1v) is 10.5. The number of hydrogen-bond acceptors (Lipinski definition) is 4. The molecule has 6 heteroatoms. The molecule has 0 saturated carbocycles. The maximum Gasteiger partial charge on any atom is 0.336 e. The second kappa shape index (κ2) is 8.01. The predicted octanol–water partition coefficient (Wildman–Crippen LogP) is 3.66. The van der Waals surface area contributed by atoms with Gasteiger partial charge in [-0.15, -0.1) is 0 Å². The second-order valence-electron chi connectivity index (χ2n) is 8.21. The van der Waals surface area contributed by atoms with Crippen molar-refractivity contribution in [3.63, 3.8) is 0 Å². The van der Waals surface area contributed by atoms with Crippen LogP contribution in [0.4, 0.5) is 4.79 Å². The highest BCUT2D eigenvalue weighted by Gasteiger charge is 2.47. The van der Waals surface area contributed by atoms with Crippen molar-refractivity contribution in [2.45, 2.75) is 57.5 Å². The van der Waals surface area contributed by atoms with Gasteiger partial charge in [0, 0.05) is 24.7 Å². The molecule has 1 aromatic rings. The highest BCUT2D eigenvalue weighted by molar-refractivity contribution is 6.01. The Morgan fingerprint density at radius 3 is 2.31 bits per heavy atom. The zero-order chi connectivity index (χ0) is 20.5. The zero-order valence-electron chi connectivity index (χ0n) is 17.1. The lowest BCUT2D eigenvalue weighted by Gasteiger charge is -2.41. The van der Waals surface area contributed by atoms with Gasteiger partial charge in [0.1, 0.15) is 0 Å². The number of urea groups is 1. The Kier molecular flexibility index (Phi) is 5.43. The maximum absolute atomic E-state index is 13.3. The minimum atomic E-state index is -0.363. The van der Waals surface area contributed by atoms with Crippen molar-refractivity contribution in [3.05, 3.63) is 41.0 Å². The summed E-state index contributed by atoms with van der Waals surface area (Å²) in [7, 11) is 1.39. The van der Waals surface area contributed by atoms with E-state index < -0.39 is 0 Å². The van der Waals surface area contributed by atoms with Crippen molar-refractivity contribution in [3.8, 4) is 0 Å². The van der Waals surface area contributed by atoms with E-state index in [2.05, 4.69) is 0 Å². The Hall–Kier alpha value is -2.63. The summed E-state index contributed by atoms with van der Waals surface area (Å²) < 4.78 is 5.13. The summed E-state index contributed by atoms with van der Waals surface area (Å²) in [5.41, 5.74) is 3.12. The monoisotopic (exact) mass is 396 g/mol. The van der Waals surface area contributed by atoms with Crippen molar-refractivity contribution < 1.29 is 19.1 Å². The molecule has 1 aromatic carbocycles. The topological polar surface area (TPSA) is 66.9 Å². The number of likely N-dealkylation sites (tertiary alicyclic amines) is 1. The van der Waals surface area contributed by atoms with Gasteiger partial charge in [0.25, 0.3) is 0 Å². The number of hydrogen-bond donors (Lipinski definition) is 0. The Labute approximate surface area is 171 Å². The molecule has 2 bridgehead atoms. The first-order valence-electron chi connectivity index (χ1n) is 10.5. The standard InChI is InChI=1S/C23H28N2O4/c1-15(26)16-6-8-17(9-7-16)19-14-18-10-11-20(21(19)22(27)29-2)25(18)23(28)24-12-4-3-5-13-24/h6-9,18,20H,3-5,10-14H2,1-2H3/t18-,20+/m1/s1. The number of carbonyl (C=O) groups is 3. The number of Topliss-reactive ketones (excluding diaryl/α,β-unsaturated/α-hetero) is 1. The summed E-state index contributed by atoms with van der Waals surface area (Å²) in [5, 5.41) is 0. The molecule has 6 nitrogen and oxygen atoms in total. The highest BCUT2D eigenvalue weighted by atomic mass is 16.5. The predicted molar refractivity (Wildman–Crippen MR) is 109 cm³/mol. The minimum absolute atomic E-state index is 0.0146. The number of amides is 2. The van der Waals surface area contributed by atoms with Crippen LogP contribution in [-0.2, 0) is 9.53 Å². The van der Waals surface area contributed by atoms with Crippen LogP contribution in [0.15, 0.2) is 29.8 Å². The number of ketones is 1. The van der Waals surface area contributed by atoms with E-state index in [-0.39, 0.29) is 29.9 Å². The fraction of sp³-hybridized carbons (Fsp3) is 0.522. The van der Waals surface area contributed by atoms with Crippen LogP contribution in [0.25, 0.3) is 5.57 Å². The molecule has 0 N–H and O–H groups in total. The molecule has 0 aromatic heterocycles. The molecular weight excluding hydrogens is 368 g/mol. The van der Waals surface area contributed by atoms with E-state index in [1.165, 1.54) is 13.5 Å². The van der Waals surface area contributed by atoms with Gasteiger partial charge in [0.15, 0.2) is 5.78 Å². The van der Waals surface area contributed by atoms with E-state index in [9.17, 15) is 14.4 Å². The Balaban J connectivity index is 1.70. The van der Waals surface area contributed by atoms with E-state index in [0.29, 0.717) is 17.6 Å². The van der Waals surface area contributed by atoms with Crippen LogP contribution < -0.4 is 0 Å². The Morgan fingerprint density at radius 2 is 1.69 bits per heavy atom. The van der Waals surface area contributed by atoms with Crippen LogP contribution in [0.1, 0.15) is 61.4 Å². The van der Waals surface area contributed by atoms with E-state index in [1.807, 2.05) is 21.9 Å². The number of carbonyl (C=O) groups excluding carboxylic acids is 3. The molecule has 0 radical (unpaired) electrons. The largest absolute Gasteiger partial charge is 0.466 e. The van der Waals surface area contributed by atoms with E-state index in [1.54, 1.807) is 19.1 Å². The number of rotatable bonds is 3. The van der Waals surface area contributed by atoms with E-state index in [4.69, 9.17) is 4.74 Å². The fourth-order valence-electron chi connectivity index (χ4n) is 5.00. The molecule has 2 amide bonds.